The molecule has 0 saturated heterocycles. The third-order valence-electron chi connectivity index (χ3n) is 3.77. The second kappa shape index (κ2) is 6.24. The van der Waals surface area contributed by atoms with Gasteiger partial charge in [-0.25, -0.2) is 0 Å². The van der Waals surface area contributed by atoms with E-state index in [2.05, 4.69) is 0 Å². The molecular weight excluding hydrogens is 264 g/mol. The van der Waals surface area contributed by atoms with Crippen LogP contribution >= 0.6 is 11.6 Å². The number of carbonyl (C=O) groups is 1. The van der Waals surface area contributed by atoms with Crippen LogP contribution < -0.4 is 5.56 Å². The van der Waals surface area contributed by atoms with Crippen molar-refractivity contribution < 1.29 is 4.79 Å². The Morgan fingerprint density at radius 1 is 1.37 bits per heavy atom. The minimum Gasteiger partial charge on any atom is -0.341 e. The monoisotopic (exact) mass is 282 g/mol. The zero-order chi connectivity index (χ0) is 13.8. The van der Waals surface area contributed by atoms with Gasteiger partial charge in [-0.2, -0.15) is 0 Å². The number of hydrogen-bond donors (Lipinski definition) is 0. The zero-order valence-electron chi connectivity index (χ0n) is 11.1. The van der Waals surface area contributed by atoms with Gasteiger partial charge in [0.25, 0.3) is 5.56 Å². The van der Waals surface area contributed by atoms with Crippen LogP contribution in [0.3, 0.4) is 0 Å². The molecule has 0 unspecified atom stereocenters. The first kappa shape index (κ1) is 14.1. The molecule has 0 aromatic carbocycles. The highest BCUT2D eigenvalue weighted by Crippen LogP contribution is 2.21. The second-order valence-electron chi connectivity index (χ2n) is 5.11. The summed E-state index contributed by atoms with van der Waals surface area (Å²) in [6.07, 6.45) is 7.25. The van der Waals surface area contributed by atoms with E-state index in [0.717, 1.165) is 12.8 Å². The van der Waals surface area contributed by atoms with Crippen molar-refractivity contribution in [1.29, 1.82) is 0 Å². The number of hydrogen-bond acceptors (Lipinski definition) is 2. The van der Waals surface area contributed by atoms with Gasteiger partial charge in [0.15, 0.2) is 0 Å². The molecule has 1 fully saturated rings. The summed E-state index contributed by atoms with van der Waals surface area (Å²) in [6.45, 7) is 0.0619. The highest BCUT2D eigenvalue weighted by molar-refractivity contribution is 6.30. The number of rotatable bonds is 3. The fourth-order valence-electron chi connectivity index (χ4n) is 2.55. The van der Waals surface area contributed by atoms with Gasteiger partial charge in [0.1, 0.15) is 6.54 Å². The summed E-state index contributed by atoms with van der Waals surface area (Å²) in [5.41, 5.74) is -0.199. The largest absolute Gasteiger partial charge is 0.341 e. The van der Waals surface area contributed by atoms with Gasteiger partial charge >= 0.3 is 0 Å². The molecule has 0 aliphatic heterocycles. The van der Waals surface area contributed by atoms with E-state index in [9.17, 15) is 9.59 Å². The SMILES string of the molecule is CN(C(=O)Cn1cc(Cl)ccc1=O)C1CCCCC1. The summed E-state index contributed by atoms with van der Waals surface area (Å²) in [4.78, 5) is 25.6. The van der Waals surface area contributed by atoms with Gasteiger partial charge < -0.3 is 9.47 Å². The lowest BCUT2D eigenvalue weighted by Gasteiger charge is -2.31. The van der Waals surface area contributed by atoms with Gasteiger partial charge in [0.2, 0.25) is 5.91 Å². The lowest BCUT2D eigenvalue weighted by molar-refractivity contribution is -0.133. The minimum atomic E-state index is -0.199. The van der Waals surface area contributed by atoms with Crippen LogP contribution in [0.5, 0.6) is 0 Å². The molecule has 0 atom stereocenters. The Morgan fingerprint density at radius 2 is 2.05 bits per heavy atom. The molecule has 1 amide bonds. The maximum absolute atomic E-state index is 12.2. The summed E-state index contributed by atoms with van der Waals surface area (Å²) < 4.78 is 1.37. The topological polar surface area (TPSA) is 42.3 Å². The van der Waals surface area contributed by atoms with Crippen molar-refractivity contribution in [3.8, 4) is 0 Å². The summed E-state index contributed by atoms with van der Waals surface area (Å²) in [6, 6.07) is 3.24. The lowest BCUT2D eigenvalue weighted by Crippen LogP contribution is -2.41. The number of halogens is 1. The van der Waals surface area contributed by atoms with E-state index in [0.29, 0.717) is 11.1 Å². The molecule has 4 nitrogen and oxygen atoms in total. The van der Waals surface area contributed by atoms with Crippen LogP contribution in [0.2, 0.25) is 5.02 Å². The molecular formula is C14H19ClN2O2. The molecule has 0 radical (unpaired) electrons. The molecule has 1 heterocycles. The number of pyridine rings is 1. The van der Waals surface area contributed by atoms with Crippen LogP contribution in [0.15, 0.2) is 23.1 Å². The maximum Gasteiger partial charge on any atom is 0.251 e. The summed E-state index contributed by atoms with van der Waals surface area (Å²) >= 11 is 5.84. The van der Waals surface area contributed by atoms with Crippen molar-refractivity contribution in [2.75, 3.05) is 7.05 Å². The predicted octanol–water partition coefficient (Wildman–Crippen LogP) is 2.29. The highest BCUT2D eigenvalue weighted by atomic mass is 35.5. The number of amides is 1. The van der Waals surface area contributed by atoms with E-state index in [1.54, 1.807) is 4.90 Å². The first-order valence-electron chi connectivity index (χ1n) is 6.69. The summed E-state index contributed by atoms with van der Waals surface area (Å²) in [7, 11) is 1.83. The van der Waals surface area contributed by atoms with Crippen molar-refractivity contribution in [2.45, 2.75) is 44.7 Å². The van der Waals surface area contributed by atoms with Crippen molar-refractivity contribution in [1.82, 2.24) is 9.47 Å². The standard InChI is InChI=1S/C14H19ClN2O2/c1-16(12-5-3-2-4-6-12)14(19)10-17-9-11(15)7-8-13(17)18/h7-9,12H,2-6,10H2,1H3. The molecule has 0 N–H and O–H groups in total. The third-order valence-corrected chi connectivity index (χ3v) is 3.99. The molecule has 1 aliphatic carbocycles. The Balaban J connectivity index is 2.03. The quantitative estimate of drug-likeness (QED) is 0.854. The van der Waals surface area contributed by atoms with Crippen molar-refractivity contribution in [2.24, 2.45) is 0 Å². The van der Waals surface area contributed by atoms with Crippen LogP contribution in [-0.2, 0) is 11.3 Å². The molecule has 1 aromatic rings. The van der Waals surface area contributed by atoms with Crippen LogP contribution in [0, 0.1) is 0 Å². The zero-order valence-corrected chi connectivity index (χ0v) is 11.9. The van der Waals surface area contributed by atoms with E-state index in [-0.39, 0.29) is 18.0 Å². The van der Waals surface area contributed by atoms with Crippen molar-refractivity contribution >= 4 is 17.5 Å². The fraction of sp³-hybridized carbons (Fsp3) is 0.571. The number of nitrogens with zero attached hydrogens (tertiary/aromatic N) is 2. The van der Waals surface area contributed by atoms with Gasteiger partial charge in [0, 0.05) is 25.4 Å². The third kappa shape index (κ3) is 3.60. The van der Waals surface area contributed by atoms with Crippen LogP contribution in [0.1, 0.15) is 32.1 Å². The van der Waals surface area contributed by atoms with E-state index in [4.69, 9.17) is 11.6 Å². The Bertz CT molecular complexity index is 506. The Hall–Kier alpha value is -1.29. The van der Waals surface area contributed by atoms with Gasteiger partial charge in [0.05, 0.1) is 5.02 Å². The van der Waals surface area contributed by atoms with Crippen LogP contribution in [-0.4, -0.2) is 28.5 Å². The first-order valence-corrected chi connectivity index (χ1v) is 7.07. The molecule has 2 rings (SSSR count). The minimum absolute atomic E-state index is 0.0312. The average molecular weight is 283 g/mol. The van der Waals surface area contributed by atoms with E-state index in [1.165, 1.54) is 42.2 Å². The average Bonchev–Trinajstić information content (AvgIpc) is 2.43. The maximum atomic E-state index is 12.2. The number of likely N-dealkylation sites (N-methyl/N-ethyl adjacent to an activating group) is 1. The van der Waals surface area contributed by atoms with E-state index >= 15 is 0 Å². The highest BCUT2D eigenvalue weighted by Gasteiger charge is 2.22. The molecule has 104 valence electrons. The van der Waals surface area contributed by atoms with Crippen molar-refractivity contribution in [3.05, 3.63) is 33.7 Å². The Morgan fingerprint density at radius 3 is 2.74 bits per heavy atom. The van der Waals surface area contributed by atoms with Gasteiger partial charge in [-0.15, -0.1) is 0 Å². The Kier molecular flexibility index (Phi) is 4.64. The van der Waals surface area contributed by atoms with Gasteiger partial charge in [-0.1, -0.05) is 30.9 Å². The predicted molar refractivity (Wildman–Crippen MR) is 75.4 cm³/mol. The molecule has 5 heteroatoms. The Labute approximate surface area is 118 Å². The molecule has 1 aliphatic rings. The fourth-order valence-corrected chi connectivity index (χ4v) is 2.74. The van der Waals surface area contributed by atoms with Gasteiger partial charge in [-0.3, -0.25) is 9.59 Å². The molecule has 1 aromatic heterocycles. The molecule has 1 saturated carbocycles. The van der Waals surface area contributed by atoms with E-state index in [1.807, 2.05) is 7.05 Å². The van der Waals surface area contributed by atoms with E-state index < -0.39 is 0 Å². The molecule has 0 spiro atoms. The normalized spacial score (nSPS) is 16.3. The van der Waals surface area contributed by atoms with Crippen LogP contribution in [0.25, 0.3) is 0 Å². The molecule has 0 bridgehead atoms. The number of aromatic nitrogens is 1. The van der Waals surface area contributed by atoms with Gasteiger partial charge in [-0.05, 0) is 18.9 Å². The summed E-state index contributed by atoms with van der Waals surface area (Å²) in [5, 5.41) is 0.465. The number of carbonyl (C=O) groups excluding carboxylic acids is 1. The van der Waals surface area contributed by atoms with Crippen LogP contribution in [0.4, 0.5) is 0 Å². The summed E-state index contributed by atoms with van der Waals surface area (Å²) in [5.74, 6) is -0.0312. The lowest BCUT2D eigenvalue weighted by atomic mass is 9.94. The first-order chi connectivity index (χ1) is 9.08. The second-order valence-corrected chi connectivity index (χ2v) is 5.55. The smallest absolute Gasteiger partial charge is 0.251 e. The molecule has 19 heavy (non-hydrogen) atoms. The van der Waals surface area contributed by atoms with Crippen molar-refractivity contribution in [3.63, 3.8) is 0 Å².